The SMILES string of the molecule is c1ncc2c(n1)CCN(CC1CCOC1)C2. The van der Waals surface area contributed by atoms with Gasteiger partial charge in [-0.05, 0) is 12.3 Å². The van der Waals surface area contributed by atoms with Gasteiger partial charge in [0, 0.05) is 50.1 Å². The first-order valence-corrected chi connectivity index (χ1v) is 5.99. The maximum absolute atomic E-state index is 5.42. The van der Waals surface area contributed by atoms with Gasteiger partial charge >= 0.3 is 0 Å². The zero-order valence-corrected chi connectivity index (χ0v) is 9.43. The maximum atomic E-state index is 5.42. The molecule has 2 aliphatic rings. The molecule has 1 atom stereocenters. The van der Waals surface area contributed by atoms with Gasteiger partial charge in [-0.25, -0.2) is 9.97 Å². The predicted octanol–water partition coefficient (Wildman–Crippen LogP) is 0.871. The number of ether oxygens (including phenoxy) is 1. The topological polar surface area (TPSA) is 38.2 Å². The second kappa shape index (κ2) is 4.47. The van der Waals surface area contributed by atoms with Crippen molar-refractivity contribution < 1.29 is 4.74 Å². The third-order valence-corrected chi connectivity index (χ3v) is 3.48. The molecule has 0 radical (unpaired) electrons. The average molecular weight is 219 g/mol. The molecule has 4 heteroatoms. The maximum Gasteiger partial charge on any atom is 0.115 e. The summed E-state index contributed by atoms with van der Waals surface area (Å²) in [6.45, 7) is 5.17. The van der Waals surface area contributed by atoms with Crippen LogP contribution in [0.4, 0.5) is 0 Å². The van der Waals surface area contributed by atoms with Crippen molar-refractivity contribution in [3.63, 3.8) is 0 Å². The van der Waals surface area contributed by atoms with Crippen LogP contribution in [0.2, 0.25) is 0 Å². The normalized spacial score (nSPS) is 25.6. The summed E-state index contributed by atoms with van der Waals surface area (Å²) in [4.78, 5) is 10.9. The lowest BCUT2D eigenvalue weighted by atomic mass is 10.0. The minimum atomic E-state index is 0.728. The van der Waals surface area contributed by atoms with Crippen LogP contribution >= 0.6 is 0 Å². The Bertz CT molecular complexity index is 363. The number of aromatic nitrogens is 2. The minimum absolute atomic E-state index is 0.728. The van der Waals surface area contributed by atoms with E-state index in [2.05, 4.69) is 14.9 Å². The lowest BCUT2D eigenvalue weighted by Crippen LogP contribution is -2.35. The average Bonchev–Trinajstić information content (AvgIpc) is 2.82. The first-order valence-electron chi connectivity index (χ1n) is 5.99. The van der Waals surface area contributed by atoms with Gasteiger partial charge < -0.3 is 4.74 Å². The highest BCUT2D eigenvalue weighted by atomic mass is 16.5. The van der Waals surface area contributed by atoms with Gasteiger partial charge in [-0.15, -0.1) is 0 Å². The first kappa shape index (κ1) is 10.2. The van der Waals surface area contributed by atoms with Gasteiger partial charge in [0.15, 0.2) is 0 Å². The van der Waals surface area contributed by atoms with Crippen LogP contribution in [0.5, 0.6) is 0 Å². The van der Waals surface area contributed by atoms with Crippen LogP contribution in [0.3, 0.4) is 0 Å². The molecule has 4 nitrogen and oxygen atoms in total. The largest absolute Gasteiger partial charge is 0.381 e. The summed E-state index contributed by atoms with van der Waals surface area (Å²) >= 11 is 0. The van der Waals surface area contributed by atoms with Crippen molar-refractivity contribution in [3.8, 4) is 0 Å². The third-order valence-electron chi connectivity index (χ3n) is 3.48. The molecular weight excluding hydrogens is 202 g/mol. The van der Waals surface area contributed by atoms with E-state index in [1.165, 1.54) is 17.7 Å². The molecule has 0 aromatic carbocycles. The fourth-order valence-electron chi connectivity index (χ4n) is 2.57. The van der Waals surface area contributed by atoms with Crippen molar-refractivity contribution in [1.29, 1.82) is 0 Å². The number of fused-ring (bicyclic) bond motifs is 1. The Morgan fingerprint density at radius 2 is 2.50 bits per heavy atom. The monoisotopic (exact) mass is 219 g/mol. The van der Waals surface area contributed by atoms with E-state index in [9.17, 15) is 0 Å². The van der Waals surface area contributed by atoms with Crippen molar-refractivity contribution in [2.75, 3.05) is 26.3 Å². The zero-order valence-electron chi connectivity index (χ0n) is 9.43. The summed E-state index contributed by atoms with van der Waals surface area (Å²) in [7, 11) is 0. The quantitative estimate of drug-likeness (QED) is 0.740. The molecule has 0 bridgehead atoms. The molecule has 3 rings (SSSR count). The van der Waals surface area contributed by atoms with Crippen molar-refractivity contribution in [2.45, 2.75) is 19.4 Å². The molecule has 1 aromatic heterocycles. The molecule has 0 saturated carbocycles. The number of rotatable bonds is 2. The van der Waals surface area contributed by atoms with E-state index in [1.54, 1.807) is 6.33 Å². The predicted molar refractivity (Wildman–Crippen MR) is 59.9 cm³/mol. The van der Waals surface area contributed by atoms with Crippen LogP contribution in [0.1, 0.15) is 17.7 Å². The van der Waals surface area contributed by atoms with Crippen LogP contribution < -0.4 is 0 Å². The van der Waals surface area contributed by atoms with Crippen LogP contribution in [0.25, 0.3) is 0 Å². The van der Waals surface area contributed by atoms with Gasteiger partial charge in [0.1, 0.15) is 6.33 Å². The molecule has 1 unspecified atom stereocenters. The Labute approximate surface area is 95.7 Å². The lowest BCUT2D eigenvalue weighted by molar-refractivity contribution is 0.161. The van der Waals surface area contributed by atoms with Gasteiger partial charge in [-0.2, -0.15) is 0 Å². The lowest BCUT2D eigenvalue weighted by Gasteiger charge is -2.29. The molecule has 16 heavy (non-hydrogen) atoms. The molecule has 0 N–H and O–H groups in total. The molecular formula is C12H17N3O. The summed E-state index contributed by atoms with van der Waals surface area (Å²) in [5, 5.41) is 0. The Balaban J connectivity index is 1.63. The highest BCUT2D eigenvalue weighted by molar-refractivity contribution is 5.18. The second-order valence-electron chi connectivity index (χ2n) is 4.71. The van der Waals surface area contributed by atoms with E-state index in [0.29, 0.717) is 0 Å². The van der Waals surface area contributed by atoms with E-state index in [4.69, 9.17) is 4.74 Å². The fourth-order valence-corrected chi connectivity index (χ4v) is 2.57. The number of hydrogen-bond donors (Lipinski definition) is 0. The van der Waals surface area contributed by atoms with Gasteiger partial charge in [0.05, 0.1) is 6.61 Å². The molecule has 3 heterocycles. The molecule has 0 spiro atoms. The molecule has 1 saturated heterocycles. The van der Waals surface area contributed by atoms with E-state index in [1.807, 2.05) is 6.20 Å². The van der Waals surface area contributed by atoms with Crippen LogP contribution in [-0.2, 0) is 17.7 Å². The highest BCUT2D eigenvalue weighted by Gasteiger charge is 2.22. The number of hydrogen-bond acceptors (Lipinski definition) is 4. The zero-order chi connectivity index (χ0) is 10.8. The molecule has 0 amide bonds. The fraction of sp³-hybridized carbons (Fsp3) is 0.667. The van der Waals surface area contributed by atoms with Crippen LogP contribution in [-0.4, -0.2) is 41.2 Å². The highest BCUT2D eigenvalue weighted by Crippen LogP contribution is 2.19. The van der Waals surface area contributed by atoms with Crippen LogP contribution in [0, 0.1) is 5.92 Å². The molecule has 2 aliphatic heterocycles. The van der Waals surface area contributed by atoms with Crippen LogP contribution in [0.15, 0.2) is 12.5 Å². The molecule has 1 aromatic rings. The van der Waals surface area contributed by atoms with Gasteiger partial charge in [0.25, 0.3) is 0 Å². The molecule has 0 aliphatic carbocycles. The summed E-state index contributed by atoms with van der Waals surface area (Å²) in [5.41, 5.74) is 2.53. The van der Waals surface area contributed by atoms with E-state index in [-0.39, 0.29) is 0 Å². The second-order valence-corrected chi connectivity index (χ2v) is 4.71. The van der Waals surface area contributed by atoms with E-state index in [0.717, 1.165) is 45.2 Å². The Morgan fingerprint density at radius 3 is 3.38 bits per heavy atom. The summed E-state index contributed by atoms with van der Waals surface area (Å²) in [6.07, 6.45) is 5.89. The van der Waals surface area contributed by atoms with Crippen molar-refractivity contribution >= 4 is 0 Å². The Morgan fingerprint density at radius 1 is 1.50 bits per heavy atom. The first-order chi connectivity index (χ1) is 7.92. The summed E-state index contributed by atoms with van der Waals surface area (Å²) in [6, 6.07) is 0. The summed E-state index contributed by atoms with van der Waals surface area (Å²) < 4.78 is 5.42. The van der Waals surface area contributed by atoms with E-state index >= 15 is 0 Å². The smallest absolute Gasteiger partial charge is 0.115 e. The van der Waals surface area contributed by atoms with Crippen molar-refractivity contribution in [3.05, 3.63) is 23.8 Å². The van der Waals surface area contributed by atoms with Crippen molar-refractivity contribution in [1.82, 2.24) is 14.9 Å². The molecule has 1 fully saturated rings. The Kier molecular flexibility index (Phi) is 2.84. The van der Waals surface area contributed by atoms with E-state index < -0.39 is 0 Å². The standard InChI is InChI=1S/C12H17N3O/c1-3-15(6-10-2-4-16-8-10)7-11-5-13-9-14-12(1)11/h5,9-10H,1-4,6-8H2. The number of nitrogens with zero attached hydrogens (tertiary/aromatic N) is 3. The minimum Gasteiger partial charge on any atom is -0.381 e. The summed E-state index contributed by atoms with van der Waals surface area (Å²) in [5.74, 6) is 0.728. The van der Waals surface area contributed by atoms with Crippen molar-refractivity contribution in [2.24, 2.45) is 5.92 Å². The Hall–Kier alpha value is -1.00. The third kappa shape index (κ3) is 2.08. The van der Waals surface area contributed by atoms with Gasteiger partial charge in [-0.1, -0.05) is 0 Å². The molecule has 86 valence electrons. The van der Waals surface area contributed by atoms with Gasteiger partial charge in [0.2, 0.25) is 0 Å². The van der Waals surface area contributed by atoms with Gasteiger partial charge in [-0.3, -0.25) is 4.90 Å².